The van der Waals surface area contributed by atoms with Crippen LogP contribution in [0.3, 0.4) is 0 Å². The predicted octanol–water partition coefficient (Wildman–Crippen LogP) is 4.96. The quantitative estimate of drug-likeness (QED) is 0.797. The Morgan fingerprint density at radius 2 is 1.81 bits per heavy atom. The van der Waals surface area contributed by atoms with Crippen LogP contribution in [0.5, 0.6) is 0 Å². The molecule has 0 fully saturated rings. The molecule has 0 aliphatic carbocycles. The molecule has 112 valence electrons. The number of hydrogen-bond donors (Lipinski definition) is 1. The van der Waals surface area contributed by atoms with Crippen LogP contribution in [-0.4, -0.2) is 6.54 Å². The summed E-state index contributed by atoms with van der Waals surface area (Å²) in [5.41, 5.74) is 1.37. The van der Waals surface area contributed by atoms with Gasteiger partial charge in [-0.1, -0.05) is 35.0 Å². The van der Waals surface area contributed by atoms with E-state index in [9.17, 15) is 13.2 Å². The summed E-state index contributed by atoms with van der Waals surface area (Å²) in [5.74, 6) is -2.13. The van der Waals surface area contributed by atoms with Crippen LogP contribution in [0.25, 0.3) is 0 Å². The van der Waals surface area contributed by atoms with Crippen molar-refractivity contribution in [3.05, 3.63) is 69.4 Å². The molecule has 1 atom stereocenters. The molecule has 0 spiro atoms. The van der Waals surface area contributed by atoms with Crippen molar-refractivity contribution in [2.75, 3.05) is 6.54 Å². The number of rotatable bonds is 5. The van der Waals surface area contributed by atoms with E-state index >= 15 is 0 Å². The summed E-state index contributed by atoms with van der Waals surface area (Å²) in [6.45, 7) is 2.71. The SMILES string of the molecule is CCCNC(c1ccc(F)c(F)c1)c1ccc(F)cc1Br. The largest absolute Gasteiger partial charge is 0.306 e. The highest BCUT2D eigenvalue weighted by Gasteiger charge is 2.18. The van der Waals surface area contributed by atoms with E-state index < -0.39 is 11.6 Å². The first-order valence-electron chi connectivity index (χ1n) is 6.66. The molecule has 0 aromatic heterocycles. The van der Waals surface area contributed by atoms with Gasteiger partial charge in [0.25, 0.3) is 0 Å². The maximum Gasteiger partial charge on any atom is 0.159 e. The molecule has 2 aromatic carbocycles. The Balaban J connectivity index is 2.44. The summed E-state index contributed by atoms with van der Waals surface area (Å²) >= 11 is 3.32. The molecule has 5 heteroatoms. The highest BCUT2D eigenvalue weighted by Crippen LogP contribution is 2.30. The molecular weight excluding hydrogens is 343 g/mol. The highest BCUT2D eigenvalue weighted by atomic mass is 79.9. The van der Waals surface area contributed by atoms with Gasteiger partial charge in [-0.05, 0) is 48.4 Å². The van der Waals surface area contributed by atoms with E-state index in [0.29, 0.717) is 16.6 Å². The van der Waals surface area contributed by atoms with Crippen LogP contribution >= 0.6 is 15.9 Å². The summed E-state index contributed by atoms with van der Waals surface area (Å²) in [6, 6.07) is 7.79. The third-order valence-electron chi connectivity index (χ3n) is 3.15. The molecule has 0 amide bonds. The Bertz CT molecular complexity index is 631. The van der Waals surface area contributed by atoms with Gasteiger partial charge in [0, 0.05) is 4.47 Å². The first-order valence-corrected chi connectivity index (χ1v) is 7.45. The maximum atomic E-state index is 13.5. The smallest absolute Gasteiger partial charge is 0.159 e. The summed E-state index contributed by atoms with van der Waals surface area (Å²) in [7, 11) is 0. The molecule has 0 aliphatic rings. The van der Waals surface area contributed by atoms with Crippen LogP contribution in [0.2, 0.25) is 0 Å². The maximum absolute atomic E-state index is 13.5. The lowest BCUT2D eigenvalue weighted by Crippen LogP contribution is -2.23. The van der Waals surface area contributed by atoms with Gasteiger partial charge in [0.15, 0.2) is 11.6 Å². The van der Waals surface area contributed by atoms with Crippen molar-refractivity contribution in [3.63, 3.8) is 0 Å². The second kappa shape index (κ2) is 7.09. The van der Waals surface area contributed by atoms with Crippen LogP contribution in [0.15, 0.2) is 40.9 Å². The zero-order chi connectivity index (χ0) is 15.4. The summed E-state index contributed by atoms with van der Waals surface area (Å²) in [6.07, 6.45) is 0.888. The molecule has 21 heavy (non-hydrogen) atoms. The lowest BCUT2D eigenvalue weighted by molar-refractivity contribution is 0.503. The topological polar surface area (TPSA) is 12.0 Å². The fraction of sp³-hybridized carbons (Fsp3) is 0.250. The molecule has 1 unspecified atom stereocenters. The molecule has 1 N–H and O–H groups in total. The summed E-state index contributed by atoms with van der Waals surface area (Å²) in [4.78, 5) is 0. The standard InChI is InChI=1S/C16H15BrF3N/c1-2-7-21-16(10-3-6-14(19)15(20)8-10)12-5-4-11(18)9-13(12)17/h3-6,8-9,16,21H,2,7H2,1H3. The van der Waals surface area contributed by atoms with E-state index in [1.165, 1.54) is 24.3 Å². The lowest BCUT2D eigenvalue weighted by Gasteiger charge is -2.21. The zero-order valence-corrected chi connectivity index (χ0v) is 13.1. The van der Waals surface area contributed by atoms with E-state index in [1.54, 1.807) is 6.07 Å². The van der Waals surface area contributed by atoms with E-state index in [0.717, 1.165) is 18.1 Å². The fourth-order valence-electron chi connectivity index (χ4n) is 2.12. The minimum Gasteiger partial charge on any atom is -0.306 e. The minimum absolute atomic E-state index is 0.338. The molecule has 0 saturated carbocycles. The third kappa shape index (κ3) is 3.86. The van der Waals surface area contributed by atoms with Crippen molar-refractivity contribution in [2.45, 2.75) is 19.4 Å². The molecule has 0 saturated heterocycles. The zero-order valence-electron chi connectivity index (χ0n) is 11.5. The molecule has 1 nitrogen and oxygen atoms in total. The Morgan fingerprint density at radius 3 is 2.43 bits per heavy atom. The van der Waals surface area contributed by atoms with Gasteiger partial charge in [0.05, 0.1) is 6.04 Å². The molecule has 0 heterocycles. The van der Waals surface area contributed by atoms with Gasteiger partial charge in [-0.25, -0.2) is 13.2 Å². The van der Waals surface area contributed by atoms with E-state index in [-0.39, 0.29) is 11.9 Å². The molecule has 0 radical (unpaired) electrons. The Kier molecular flexibility index (Phi) is 5.42. The summed E-state index contributed by atoms with van der Waals surface area (Å²) in [5, 5.41) is 3.27. The van der Waals surface area contributed by atoms with E-state index in [1.807, 2.05) is 6.92 Å². The van der Waals surface area contributed by atoms with Crippen LogP contribution < -0.4 is 5.32 Å². The van der Waals surface area contributed by atoms with E-state index in [2.05, 4.69) is 21.2 Å². The first kappa shape index (κ1) is 16.0. The van der Waals surface area contributed by atoms with E-state index in [4.69, 9.17) is 0 Å². The second-order valence-electron chi connectivity index (χ2n) is 4.73. The van der Waals surface area contributed by atoms with Crippen molar-refractivity contribution in [3.8, 4) is 0 Å². The normalized spacial score (nSPS) is 12.4. The first-order chi connectivity index (χ1) is 10.0. The van der Waals surface area contributed by atoms with Crippen LogP contribution in [0, 0.1) is 17.5 Å². The van der Waals surface area contributed by atoms with Crippen LogP contribution in [0.4, 0.5) is 13.2 Å². The second-order valence-corrected chi connectivity index (χ2v) is 5.58. The predicted molar refractivity (Wildman–Crippen MR) is 80.6 cm³/mol. The van der Waals surface area contributed by atoms with Gasteiger partial charge in [-0.2, -0.15) is 0 Å². The molecule has 0 aliphatic heterocycles. The van der Waals surface area contributed by atoms with Gasteiger partial charge < -0.3 is 5.32 Å². The molecule has 2 aromatic rings. The monoisotopic (exact) mass is 357 g/mol. The Labute approximate surface area is 130 Å². The Morgan fingerprint density at radius 1 is 1.05 bits per heavy atom. The van der Waals surface area contributed by atoms with Gasteiger partial charge in [0.2, 0.25) is 0 Å². The van der Waals surface area contributed by atoms with Crippen LogP contribution in [0.1, 0.15) is 30.5 Å². The molecule has 2 rings (SSSR count). The van der Waals surface area contributed by atoms with Crippen molar-refractivity contribution in [1.82, 2.24) is 5.32 Å². The van der Waals surface area contributed by atoms with Gasteiger partial charge in [-0.3, -0.25) is 0 Å². The number of halogens is 4. The van der Waals surface area contributed by atoms with Crippen molar-refractivity contribution < 1.29 is 13.2 Å². The fourth-order valence-corrected chi connectivity index (χ4v) is 2.70. The minimum atomic E-state index is -0.894. The number of nitrogens with one attached hydrogen (secondary N) is 1. The molecular formula is C16H15BrF3N. The summed E-state index contributed by atoms with van der Waals surface area (Å²) < 4.78 is 40.4. The lowest BCUT2D eigenvalue weighted by atomic mass is 9.98. The molecule has 0 bridgehead atoms. The van der Waals surface area contributed by atoms with Gasteiger partial charge in [0.1, 0.15) is 5.82 Å². The third-order valence-corrected chi connectivity index (χ3v) is 3.84. The van der Waals surface area contributed by atoms with Gasteiger partial charge >= 0.3 is 0 Å². The van der Waals surface area contributed by atoms with Crippen molar-refractivity contribution in [1.29, 1.82) is 0 Å². The van der Waals surface area contributed by atoms with Gasteiger partial charge in [-0.15, -0.1) is 0 Å². The van der Waals surface area contributed by atoms with Crippen molar-refractivity contribution in [2.24, 2.45) is 0 Å². The van der Waals surface area contributed by atoms with Crippen molar-refractivity contribution >= 4 is 15.9 Å². The number of hydrogen-bond acceptors (Lipinski definition) is 1. The average Bonchev–Trinajstić information content (AvgIpc) is 2.44. The average molecular weight is 358 g/mol. The highest BCUT2D eigenvalue weighted by molar-refractivity contribution is 9.10. The number of benzene rings is 2. The Hall–Kier alpha value is -1.33. The van der Waals surface area contributed by atoms with Crippen LogP contribution in [-0.2, 0) is 0 Å².